The van der Waals surface area contributed by atoms with Gasteiger partial charge >= 0.3 is 0 Å². The van der Waals surface area contributed by atoms with Gasteiger partial charge in [0.2, 0.25) is 0 Å². The molecule has 5 heteroatoms. The number of nitrogens with one attached hydrogen (secondary N) is 1. The Balaban J connectivity index is 1.81. The van der Waals surface area contributed by atoms with Gasteiger partial charge in [-0.25, -0.2) is 0 Å². The van der Waals surface area contributed by atoms with Crippen molar-refractivity contribution in [2.45, 2.75) is 24.8 Å². The number of benzene rings is 1. The van der Waals surface area contributed by atoms with Crippen LogP contribution in [0.25, 0.3) is 10.9 Å². The third-order valence-corrected chi connectivity index (χ3v) is 3.92. The van der Waals surface area contributed by atoms with Crippen molar-refractivity contribution in [1.29, 1.82) is 0 Å². The molecular weight excluding hydrogens is 240 g/mol. The Hall–Kier alpha value is -1.88. The van der Waals surface area contributed by atoms with E-state index in [0.29, 0.717) is 12.2 Å². The van der Waals surface area contributed by atoms with E-state index in [1.165, 1.54) is 0 Å². The van der Waals surface area contributed by atoms with Gasteiger partial charge in [-0.1, -0.05) is 18.2 Å². The van der Waals surface area contributed by atoms with E-state index in [-0.39, 0.29) is 11.4 Å². The minimum atomic E-state index is -0.208. The van der Waals surface area contributed by atoms with Crippen molar-refractivity contribution in [3.05, 3.63) is 30.0 Å². The van der Waals surface area contributed by atoms with E-state index < -0.39 is 0 Å². The summed E-state index contributed by atoms with van der Waals surface area (Å²) in [5, 5.41) is 8.08. The number of hydrogen-bond acceptors (Lipinski definition) is 3. The third kappa shape index (κ3) is 2.10. The van der Waals surface area contributed by atoms with Crippen LogP contribution < -0.4 is 11.1 Å². The average Bonchev–Trinajstić information content (AvgIpc) is 2.72. The molecule has 0 saturated heterocycles. The molecule has 1 aliphatic rings. The molecule has 3 N–H and O–H groups in total. The molecule has 0 aliphatic heterocycles. The van der Waals surface area contributed by atoms with E-state index in [1.807, 2.05) is 31.3 Å². The van der Waals surface area contributed by atoms with Gasteiger partial charge < -0.3 is 11.1 Å². The van der Waals surface area contributed by atoms with Crippen molar-refractivity contribution in [3.63, 3.8) is 0 Å². The summed E-state index contributed by atoms with van der Waals surface area (Å²) in [6, 6.07) is 7.72. The second-order valence-corrected chi connectivity index (χ2v) is 5.39. The molecule has 3 rings (SSSR count). The third-order valence-electron chi connectivity index (χ3n) is 3.92. The van der Waals surface area contributed by atoms with Crippen LogP contribution in [0.4, 0.5) is 0 Å². The lowest BCUT2D eigenvalue weighted by atomic mass is 9.78. The maximum Gasteiger partial charge on any atom is 0.272 e. The number of aryl methyl sites for hydroxylation is 1. The number of carbonyl (C=O) groups is 1. The summed E-state index contributed by atoms with van der Waals surface area (Å²) in [7, 11) is 1.84. The van der Waals surface area contributed by atoms with Crippen molar-refractivity contribution in [3.8, 4) is 0 Å². The topological polar surface area (TPSA) is 72.9 Å². The van der Waals surface area contributed by atoms with Gasteiger partial charge in [0.1, 0.15) is 0 Å². The highest BCUT2D eigenvalue weighted by molar-refractivity contribution is 6.04. The lowest BCUT2D eigenvalue weighted by Gasteiger charge is -2.37. The van der Waals surface area contributed by atoms with Gasteiger partial charge in [0.15, 0.2) is 5.69 Å². The molecule has 1 fully saturated rings. The Kier molecular flexibility index (Phi) is 2.78. The molecule has 1 amide bonds. The second-order valence-electron chi connectivity index (χ2n) is 5.39. The second kappa shape index (κ2) is 4.35. The maximum absolute atomic E-state index is 12.2. The molecule has 100 valence electrons. The monoisotopic (exact) mass is 258 g/mol. The standard InChI is InChI=1S/C14H18N4O/c1-18-11-6-3-2-5-10(11)12(17-18)13(19)16-9-14(15)7-4-8-14/h2-3,5-6H,4,7-9,15H2,1H3,(H,16,19). The number of hydrogen-bond donors (Lipinski definition) is 2. The predicted molar refractivity (Wildman–Crippen MR) is 73.8 cm³/mol. The first-order chi connectivity index (χ1) is 9.09. The van der Waals surface area contributed by atoms with E-state index in [0.717, 1.165) is 30.2 Å². The number of amides is 1. The fraction of sp³-hybridized carbons (Fsp3) is 0.429. The van der Waals surface area contributed by atoms with Crippen LogP contribution in [-0.2, 0) is 7.05 Å². The summed E-state index contributed by atoms with van der Waals surface area (Å²) in [4.78, 5) is 12.2. The highest BCUT2D eigenvalue weighted by Crippen LogP contribution is 2.28. The van der Waals surface area contributed by atoms with Gasteiger partial charge in [0, 0.05) is 24.5 Å². The van der Waals surface area contributed by atoms with Gasteiger partial charge in [-0.3, -0.25) is 9.48 Å². The summed E-state index contributed by atoms with van der Waals surface area (Å²) in [5.41, 5.74) is 7.33. The molecule has 1 saturated carbocycles. The number of nitrogens with two attached hydrogens (primary N) is 1. The SMILES string of the molecule is Cn1nc(C(=O)NCC2(N)CCC2)c2ccccc21. The molecule has 2 aromatic rings. The van der Waals surface area contributed by atoms with Crippen LogP contribution in [-0.4, -0.2) is 27.8 Å². The molecule has 0 atom stereocenters. The first-order valence-corrected chi connectivity index (χ1v) is 6.58. The van der Waals surface area contributed by atoms with E-state index in [1.54, 1.807) is 4.68 Å². The van der Waals surface area contributed by atoms with E-state index in [4.69, 9.17) is 5.73 Å². The Labute approximate surface area is 111 Å². The fourth-order valence-corrected chi connectivity index (χ4v) is 2.53. The number of nitrogens with zero attached hydrogens (tertiary/aromatic N) is 2. The zero-order valence-corrected chi connectivity index (χ0v) is 11.0. The summed E-state index contributed by atoms with van der Waals surface area (Å²) < 4.78 is 1.73. The Morgan fingerprint density at radius 1 is 1.47 bits per heavy atom. The maximum atomic E-state index is 12.2. The van der Waals surface area contributed by atoms with E-state index in [9.17, 15) is 4.79 Å². The number of fused-ring (bicyclic) bond motifs is 1. The molecule has 19 heavy (non-hydrogen) atoms. The number of aromatic nitrogens is 2. The zero-order chi connectivity index (χ0) is 13.5. The van der Waals surface area contributed by atoms with Crippen LogP contribution in [0.1, 0.15) is 29.8 Å². The molecule has 0 bridgehead atoms. The lowest BCUT2D eigenvalue weighted by molar-refractivity contribution is 0.0925. The smallest absolute Gasteiger partial charge is 0.272 e. The molecule has 0 spiro atoms. The Morgan fingerprint density at radius 2 is 2.21 bits per heavy atom. The fourth-order valence-electron chi connectivity index (χ4n) is 2.53. The van der Waals surface area contributed by atoms with Gasteiger partial charge in [-0.15, -0.1) is 0 Å². The minimum Gasteiger partial charge on any atom is -0.349 e. The van der Waals surface area contributed by atoms with Crippen molar-refractivity contribution in [1.82, 2.24) is 15.1 Å². The number of carbonyl (C=O) groups excluding carboxylic acids is 1. The van der Waals surface area contributed by atoms with Crippen LogP contribution >= 0.6 is 0 Å². The van der Waals surface area contributed by atoms with Crippen LogP contribution in [0.5, 0.6) is 0 Å². The molecule has 0 radical (unpaired) electrons. The highest BCUT2D eigenvalue weighted by atomic mass is 16.1. The van der Waals surface area contributed by atoms with Crippen molar-refractivity contribution in [2.24, 2.45) is 12.8 Å². The number of para-hydroxylation sites is 1. The first kappa shape index (κ1) is 12.2. The molecule has 0 unspecified atom stereocenters. The van der Waals surface area contributed by atoms with Crippen molar-refractivity contribution < 1.29 is 4.79 Å². The van der Waals surface area contributed by atoms with Crippen LogP contribution in [0.2, 0.25) is 0 Å². The van der Waals surface area contributed by atoms with E-state index >= 15 is 0 Å². The zero-order valence-electron chi connectivity index (χ0n) is 11.0. The van der Waals surface area contributed by atoms with Gasteiger partial charge in [0.25, 0.3) is 5.91 Å². The first-order valence-electron chi connectivity index (χ1n) is 6.58. The molecule has 1 aromatic carbocycles. The Morgan fingerprint density at radius 3 is 2.89 bits per heavy atom. The lowest BCUT2D eigenvalue weighted by Crippen LogP contribution is -2.55. The molecule has 1 heterocycles. The summed E-state index contributed by atoms with van der Waals surface area (Å²) >= 11 is 0. The predicted octanol–water partition coefficient (Wildman–Crippen LogP) is 1.18. The highest BCUT2D eigenvalue weighted by Gasteiger charge is 2.33. The van der Waals surface area contributed by atoms with Crippen molar-refractivity contribution in [2.75, 3.05) is 6.54 Å². The van der Waals surface area contributed by atoms with Gasteiger partial charge in [-0.05, 0) is 25.3 Å². The van der Waals surface area contributed by atoms with Crippen LogP contribution in [0.3, 0.4) is 0 Å². The summed E-state index contributed by atoms with van der Waals surface area (Å²) in [5.74, 6) is -0.145. The molecule has 1 aliphatic carbocycles. The van der Waals surface area contributed by atoms with Gasteiger partial charge in [-0.2, -0.15) is 5.10 Å². The van der Waals surface area contributed by atoms with Crippen LogP contribution in [0.15, 0.2) is 24.3 Å². The average molecular weight is 258 g/mol. The summed E-state index contributed by atoms with van der Waals surface area (Å²) in [6.07, 6.45) is 3.12. The largest absolute Gasteiger partial charge is 0.349 e. The normalized spacial score (nSPS) is 17.2. The molecule has 1 aromatic heterocycles. The quantitative estimate of drug-likeness (QED) is 0.868. The molecular formula is C14H18N4O. The van der Waals surface area contributed by atoms with Gasteiger partial charge in [0.05, 0.1) is 5.52 Å². The van der Waals surface area contributed by atoms with E-state index in [2.05, 4.69) is 10.4 Å². The minimum absolute atomic E-state index is 0.145. The summed E-state index contributed by atoms with van der Waals surface area (Å²) in [6.45, 7) is 0.525. The van der Waals surface area contributed by atoms with Crippen molar-refractivity contribution >= 4 is 16.8 Å². The number of rotatable bonds is 3. The molecule has 5 nitrogen and oxygen atoms in total. The Bertz CT molecular complexity index is 627. The van der Waals surface area contributed by atoms with Crippen LogP contribution in [0, 0.1) is 0 Å².